The highest BCUT2D eigenvalue weighted by atomic mass is 35.5. The largest absolute Gasteiger partial charge is 0.493 e. The van der Waals surface area contributed by atoms with E-state index in [0.29, 0.717) is 18.0 Å². The Balaban J connectivity index is 0.00000272. The highest BCUT2D eigenvalue weighted by Crippen LogP contribution is 2.37. The molecule has 0 bridgehead atoms. The maximum Gasteiger partial charge on any atom is 0.187 e. The van der Waals surface area contributed by atoms with Crippen LogP contribution >= 0.6 is 24.6 Å². The number of methoxy groups -OCH3 is 2. The van der Waals surface area contributed by atoms with E-state index in [-0.39, 0.29) is 12.4 Å². The Bertz CT molecular complexity index is 1030. The minimum atomic E-state index is 0. The zero-order valence-corrected chi connectivity index (χ0v) is 19.1. The summed E-state index contributed by atoms with van der Waals surface area (Å²) in [5, 5.41) is 5.03. The Kier molecular flexibility index (Phi) is 7.64. The van der Waals surface area contributed by atoms with Crippen LogP contribution in [0, 0.1) is 0 Å². The van der Waals surface area contributed by atoms with Crippen LogP contribution in [0.25, 0.3) is 10.9 Å². The summed E-state index contributed by atoms with van der Waals surface area (Å²) in [6, 6.07) is 7.83. The van der Waals surface area contributed by atoms with E-state index in [2.05, 4.69) is 30.1 Å². The number of nitrogens with zero attached hydrogens (tertiary/aromatic N) is 5. The molecule has 1 aromatic carbocycles. The molecule has 1 N–H and O–H groups in total. The van der Waals surface area contributed by atoms with Gasteiger partial charge in [0.25, 0.3) is 0 Å². The van der Waals surface area contributed by atoms with Crippen molar-refractivity contribution in [2.75, 3.05) is 45.3 Å². The average molecular weight is 461 g/mol. The van der Waals surface area contributed by atoms with Gasteiger partial charge in [0.05, 0.1) is 14.2 Å². The standard InChI is InChI=1S/C21H24N6O2S.ClH/c1-28-17-6-5-16-18(19(17)29-2)24-14-25-20(16)26-8-10-27(11-9-26)21(30)23-13-15-4-3-7-22-12-15;/h3-7,12,14H,8-11,13H2,1-2H3,(H,23,30);1H. The number of aromatic nitrogens is 3. The molecule has 0 aliphatic carbocycles. The van der Waals surface area contributed by atoms with Crippen LogP contribution in [0.2, 0.25) is 0 Å². The van der Waals surface area contributed by atoms with Crippen molar-refractivity contribution in [3.63, 3.8) is 0 Å². The van der Waals surface area contributed by atoms with Gasteiger partial charge in [0, 0.05) is 50.5 Å². The second-order valence-electron chi connectivity index (χ2n) is 6.89. The fourth-order valence-electron chi connectivity index (χ4n) is 3.60. The van der Waals surface area contributed by atoms with Crippen molar-refractivity contribution >= 4 is 46.5 Å². The Labute approximate surface area is 193 Å². The third kappa shape index (κ3) is 4.88. The van der Waals surface area contributed by atoms with E-state index in [4.69, 9.17) is 21.7 Å². The number of halogens is 1. The van der Waals surface area contributed by atoms with Crippen LogP contribution in [0.15, 0.2) is 43.0 Å². The normalized spacial score (nSPS) is 13.5. The van der Waals surface area contributed by atoms with Gasteiger partial charge < -0.3 is 24.6 Å². The highest BCUT2D eigenvalue weighted by Gasteiger charge is 2.23. The molecule has 0 amide bonds. The topological polar surface area (TPSA) is 75.6 Å². The van der Waals surface area contributed by atoms with E-state index in [9.17, 15) is 0 Å². The number of hydrogen-bond acceptors (Lipinski definition) is 7. The number of thiocarbonyl (C=S) groups is 1. The minimum absolute atomic E-state index is 0. The van der Waals surface area contributed by atoms with E-state index in [1.807, 2.05) is 30.5 Å². The van der Waals surface area contributed by atoms with Gasteiger partial charge in [0.1, 0.15) is 17.7 Å². The van der Waals surface area contributed by atoms with E-state index in [1.54, 1.807) is 26.7 Å². The zero-order valence-electron chi connectivity index (χ0n) is 17.4. The fraction of sp³-hybridized carbons (Fsp3) is 0.333. The molecule has 4 rings (SSSR count). The molecule has 0 radical (unpaired) electrons. The van der Waals surface area contributed by atoms with Crippen molar-refractivity contribution in [3.8, 4) is 11.5 Å². The molecule has 1 aliphatic rings. The number of nitrogens with one attached hydrogen (secondary N) is 1. The van der Waals surface area contributed by atoms with Crippen LogP contribution < -0.4 is 19.7 Å². The van der Waals surface area contributed by atoms with E-state index < -0.39 is 0 Å². The molecule has 2 aromatic heterocycles. The lowest BCUT2D eigenvalue weighted by Crippen LogP contribution is -2.51. The molecule has 1 aliphatic heterocycles. The Morgan fingerprint density at radius 1 is 1.10 bits per heavy atom. The number of fused-ring (bicyclic) bond motifs is 1. The number of hydrogen-bond donors (Lipinski definition) is 1. The molecule has 0 saturated carbocycles. The molecular formula is C21H25ClN6O2S. The van der Waals surface area contributed by atoms with E-state index in [0.717, 1.165) is 53.6 Å². The molecule has 10 heteroatoms. The number of piperazine rings is 1. The second-order valence-corrected chi connectivity index (χ2v) is 7.28. The van der Waals surface area contributed by atoms with Gasteiger partial charge in [-0.05, 0) is 36.0 Å². The third-order valence-electron chi connectivity index (χ3n) is 5.16. The highest BCUT2D eigenvalue weighted by molar-refractivity contribution is 7.80. The van der Waals surface area contributed by atoms with Crippen molar-refractivity contribution in [1.82, 2.24) is 25.2 Å². The van der Waals surface area contributed by atoms with Crippen molar-refractivity contribution in [1.29, 1.82) is 0 Å². The van der Waals surface area contributed by atoms with Crippen LogP contribution in [0.4, 0.5) is 5.82 Å². The second kappa shape index (κ2) is 10.4. The Morgan fingerprint density at radius 2 is 1.90 bits per heavy atom. The quantitative estimate of drug-likeness (QED) is 0.578. The molecular weight excluding hydrogens is 436 g/mol. The maximum absolute atomic E-state index is 5.59. The summed E-state index contributed by atoms with van der Waals surface area (Å²) >= 11 is 5.59. The van der Waals surface area contributed by atoms with Crippen molar-refractivity contribution < 1.29 is 9.47 Å². The first-order valence-corrected chi connectivity index (χ1v) is 10.1. The monoisotopic (exact) mass is 460 g/mol. The molecule has 8 nitrogen and oxygen atoms in total. The number of anilines is 1. The van der Waals surface area contributed by atoms with Crippen LogP contribution in [0.1, 0.15) is 5.56 Å². The predicted octanol–water partition coefficient (Wildman–Crippen LogP) is 2.66. The number of ether oxygens (including phenoxy) is 2. The van der Waals surface area contributed by atoms with Gasteiger partial charge in [-0.1, -0.05) is 6.07 Å². The van der Waals surface area contributed by atoms with Crippen LogP contribution in [-0.4, -0.2) is 65.4 Å². The summed E-state index contributed by atoms with van der Waals surface area (Å²) in [6.07, 6.45) is 5.19. The average Bonchev–Trinajstić information content (AvgIpc) is 2.82. The third-order valence-corrected chi connectivity index (χ3v) is 5.56. The Morgan fingerprint density at radius 3 is 2.58 bits per heavy atom. The summed E-state index contributed by atoms with van der Waals surface area (Å²) in [7, 11) is 3.24. The SMILES string of the molecule is COc1ccc2c(N3CCN(C(=S)NCc4cccnc4)CC3)ncnc2c1OC.Cl. The molecule has 3 aromatic rings. The van der Waals surface area contributed by atoms with Gasteiger partial charge in [-0.15, -0.1) is 12.4 Å². The lowest BCUT2D eigenvalue weighted by molar-refractivity contribution is 0.358. The molecule has 164 valence electrons. The van der Waals surface area contributed by atoms with Crippen LogP contribution in [0.3, 0.4) is 0 Å². The summed E-state index contributed by atoms with van der Waals surface area (Å²) < 4.78 is 10.9. The first-order chi connectivity index (χ1) is 14.7. The van der Waals surface area contributed by atoms with E-state index >= 15 is 0 Å². The molecule has 1 fully saturated rings. The summed E-state index contributed by atoms with van der Waals surface area (Å²) in [6.45, 7) is 3.94. The molecule has 0 atom stereocenters. The van der Waals surface area contributed by atoms with Gasteiger partial charge in [-0.3, -0.25) is 4.98 Å². The number of rotatable bonds is 5. The van der Waals surface area contributed by atoms with Gasteiger partial charge in [0.15, 0.2) is 16.6 Å². The van der Waals surface area contributed by atoms with Crippen LogP contribution in [0.5, 0.6) is 11.5 Å². The lowest BCUT2D eigenvalue weighted by Gasteiger charge is -2.37. The van der Waals surface area contributed by atoms with Gasteiger partial charge in [0.2, 0.25) is 0 Å². The molecule has 31 heavy (non-hydrogen) atoms. The summed E-state index contributed by atoms with van der Waals surface area (Å²) in [4.78, 5) is 17.6. The zero-order chi connectivity index (χ0) is 20.9. The fourth-order valence-corrected chi connectivity index (χ4v) is 3.85. The van der Waals surface area contributed by atoms with Gasteiger partial charge in [-0.25, -0.2) is 9.97 Å². The number of benzene rings is 1. The van der Waals surface area contributed by atoms with Crippen LogP contribution in [-0.2, 0) is 6.54 Å². The lowest BCUT2D eigenvalue weighted by atomic mass is 10.2. The molecule has 1 saturated heterocycles. The summed E-state index contributed by atoms with van der Waals surface area (Å²) in [5.41, 5.74) is 1.85. The van der Waals surface area contributed by atoms with E-state index in [1.165, 1.54) is 0 Å². The number of pyridine rings is 1. The first kappa shape index (κ1) is 22.8. The first-order valence-electron chi connectivity index (χ1n) is 9.73. The predicted molar refractivity (Wildman–Crippen MR) is 127 cm³/mol. The van der Waals surface area contributed by atoms with Gasteiger partial charge >= 0.3 is 0 Å². The van der Waals surface area contributed by atoms with Crippen molar-refractivity contribution in [2.45, 2.75) is 6.54 Å². The maximum atomic E-state index is 5.59. The van der Waals surface area contributed by atoms with Gasteiger partial charge in [-0.2, -0.15) is 0 Å². The smallest absolute Gasteiger partial charge is 0.187 e. The molecule has 3 heterocycles. The van der Waals surface area contributed by atoms with Crippen molar-refractivity contribution in [2.24, 2.45) is 0 Å². The Hall–Kier alpha value is -2.91. The molecule has 0 unspecified atom stereocenters. The molecule has 0 spiro atoms. The minimum Gasteiger partial charge on any atom is -0.493 e. The summed E-state index contributed by atoms with van der Waals surface area (Å²) in [5.74, 6) is 2.18. The van der Waals surface area contributed by atoms with Crippen molar-refractivity contribution in [3.05, 3.63) is 48.5 Å².